The van der Waals surface area contributed by atoms with Crippen LogP contribution < -0.4 is 21.4 Å². The van der Waals surface area contributed by atoms with Gasteiger partial charge in [-0.25, -0.2) is 14.4 Å². The molecule has 1 aliphatic rings. The molecular weight excluding hydrogens is 496 g/mol. The van der Waals surface area contributed by atoms with Crippen LogP contribution in [0.4, 0.5) is 5.69 Å². The molecule has 38 heavy (non-hydrogen) atoms. The van der Waals surface area contributed by atoms with Crippen molar-refractivity contribution in [1.29, 1.82) is 0 Å². The number of oxazole rings is 1. The number of aromatic nitrogens is 2. The first-order valence-corrected chi connectivity index (χ1v) is 11.6. The molecule has 3 aromatic heterocycles. The molecule has 1 N–H and O–H groups in total. The van der Waals surface area contributed by atoms with E-state index in [1.54, 1.807) is 44.3 Å². The number of carbonyl (C=O) groups is 1. The number of furan rings is 1. The van der Waals surface area contributed by atoms with Gasteiger partial charge < -0.3 is 23.3 Å². The molecule has 5 rings (SSSR count). The Hall–Kier alpha value is -5.13. The molecule has 4 heterocycles. The van der Waals surface area contributed by atoms with E-state index in [2.05, 4.69) is 9.98 Å². The van der Waals surface area contributed by atoms with Crippen molar-refractivity contribution in [3.05, 3.63) is 103 Å². The highest BCUT2D eigenvalue weighted by Gasteiger charge is 2.34. The first-order chi connectivity index (χ1) is 18.3. The third kappa shape index (κ3) is 4.21. The van der Waals surface area contributed by atoms with Gasteiger partial charge in [0.25, 0.3) is 11.2 Å². The second-order valence-corrected chi connectivity index (χ2v) is 8.27. The summed E-state index contributed by atoms with van der Waals surface area (Å²) in [6, 6.07) is 10.0. The third-order valence-corrected chi connectivity index (χ3v) is 5.99. The van der Waals surface area contributed by atoms with Crippen molar-refractivity contribution in [3.8, 4) is 17.1 Å². The van der Waals surface area contributed by atoms with Gasteiger partial charge in [0.15, 0.2) is 5.42 Å². The van der Waals surface area contributed by atoms with Crippen molar-refractivity contribution < 1.29 is 28.0 Å². The Morgan fingerprint density at radius 2 is 2.08 bits per heavy atom. The molecular formula is C26H22N4O8. The highest BCUT2D eigenvalue weighted by atomic mass is 16.6. The first-order valence-electron chi connectivity index (χ1n) is 11.6. The molecule has 1 aromatic carbocycles. The van der Waals surface area contributed by atoms with E-state index in [-0.39, 0.29) is 34.7 Å². The van der Waals surface area contributed by atoms with E-state index in [0.29, 0.717) is 28.5 Å². The maximum absolute atomic E-state index is 13.5. The fourth-order valence-corrected chi connectivity index (χ4v) is 4.31. The average Bonchev–Trinajstić information content (AvgIpc) is 3.65. The smallest absolute Gasteiger partial charge is 0.338 e. The van der Waals surface area contributed by atoms with Crippen molar-refractivity contribution in [1.82, 2.24) is 9.55 Å². The number of nitrogens with one attached hydrogen (secondary N) is 1. The predicted octanol–water partition coefficient (Wildman–Crippen LogP) is 2.83. The molecule has 1 unspecified atom stereocenters. The standard InChI is InChI=1S/C26H22N4O8/c1-4-36-25(32)22-14(2)28-26-29(23(22)18-6-5-11-27-18)24(31)21(38-26)13-16-8-10-20(37-16)17-12-15(30(33)34)7-9-19(17)35-3/h5-13,23,27H,4H2,1-3H3. The number of allylic oxidation sites excluding steroid dienone is 1. The van der Waals surface area contributed by atoms with Crippen LogP contribution in [0.2, 0.25) is 0 Å². The fraction of sp³-hybridized carbons (Fsp3) is 0.192. The molecule has 12 nitrogen and oxygen atoms in total. The SMILES string of the molecule is CCOC(=O)C1=C(C)N=c2oc(=Cc3ccc(-c4cc([N+](=O)[O-])ccc4OC)o3)c(=O)n2C1c1ccc[nH]1. The quantitative estimate of drug-likeness (QED) is 0.222. The molecule has 0 radical (unpaired) electrons. The number of H-pyrrole nitrogens is 1. The van der Waals surface area contributed by atoms with Crippen LogP contribution in [0.1, 0.15) is 31.3 Å². The van der Waals surface area contributed by atoms with Gasteiger partial charge in [-0.1, -0.05) is 0 Å². The zero-order valence-corrected chi connectivity index (χ0v) is 20.6. The third-order valence-electron chi connectivity index (χ3n) is 5.99. The van der Waals surface area contributed by atoms with Crippen LogP contribution in [0, 0.1) is 10.1 Å². The molecule has 0 fully saturated rings. The van der Waals surface area contributed by atoms with E-state index >= 15 is 0 Å². The minimum atomic E-state index is -0.837. The fourth-order valence-electron chi connectivity index (χ4n) is 4.31. The Labute approximate surface area is 214 Å². The lowest BCUT2D eigenvalue weighted by atomic mass is 10.0. The highest BCUT2D eigenvalue weighted by molar-refractivity contribution is 5.91. The minimum absolute atomic E-state index is 0.0125. The number of hydrogen-bond acceptors (Lipinski definition) is 9. The van der Waals surface area contributed by atoms with Crippen LogP contribution in [-0.4, -0.2) is 34.2 Å². The van der Waals surface area contributed by atoms with Gasteiger partial charge in [0, 0.05) is 30.1 Å². The van der Waals surface area contributed by atoms with E-state index in [0.717, 1.165) is 0 Å². The molecule has 0 bridgehead atoms. The van der Waals surface area contributed by atoms with Crippen molar-refractivity contribution >= 4 is 17.7 Å². The van der Waals surface area contributed by atoms with E-state index in [9.17, 15) is 19.7 Å². The molecule has 4 aromatic rings. The van der Waals surface area contributed by atoms with Crippen LogP contribution in [0.3, 0.4) is 0 Å². The molecule has 1 aliphatic heterocycles. The summed E-state index contributed by atoms with van der Waals surface area (Å²) >= 11 is 0. The van der Waals surface area contributed by atoms with Crippen LogP contribution in [0.5, 0.6) is 5.75 Å². The van der Waals surface area contributed by atoms with E-state index in [1.807, 2.05) is 0 Å². The summed E-state index contributed by atoms with van der Waals surface area (Å²) < 4.78 is 23.5. The lowest BCUT2D eigenvalue weighted by Crippen LogP contribution is -2.40. The highest BCUT2D eigenvalue weighted by Crippen LogP contribution is 2.34. The van der Waals surface area contributed by atoms with Crippen LogP contribution in [-0.2, 0) is 9.53 Å². The Morgan fingerprint density at radius 1 is 1.26 bits per heavy atom. The van der Waals surface area contributed by atoms with Crippen LogP contribution in [0.25, 0.3) is 17.4 Å². The summed E-state index contributed by atoms with van der Waals surface area (Å²) in [7, 11) is 1.44. The van der Waals surface area contributed by atoms with E-state index < -0.39 is 22.5 Å². The Bertz CT molecular complexity index is 1750. The summed E-state index contributed by atoms with van der Waals surface area (Å²) in [6.45, 7) is 3.50. The topological polar surface area (TPSA) is 155 Å². The number of fused-ring (bicyclic) bond motifs is 1. The molecule has 194 valence electrons. The molecule has 0 amide bonds. The lowest BCUT2D eigenvalue weighted by Gasteiger charge is -2.22. The molecule has 0 spiro atoms. The van der Waals surface area contributed by atoms with Gasteiger partial charge in [-0.2, -0.15) is 0 Å². The number of nitro benzene ring substituents is 1. The Morgan fingerprint density at radius 3 is 2.76 bits per heavy atom. The Kier molecular flexibility index (Phi) is 6.29. The summed E-state index contributed by atoms with van der Waals surface area (Å²) in [6.07, 6.45) is 3.07. The van der Waals surface area contributed by atoms with Crippen LogP contribution in [0.15, 0.2) is 78.6 Å². The van der Waals surface area contributed by atoms with E-state index in [1.165, 1.54) is 36.0 Å². The van der Waals surface area contributed by atoms with Gasteiger partial charge in [0.2, 0.25) is 0 Å². The normalized spacial score (nSPS) is 15.2. The molecule has 12 heteroatoms. The largest absolute Gasteiger partial charge is 0.496 e. The number of carbonyl (C=O) groups excluding carboxylic acids is 1. The van der Waals surface area contributed by atoms with Gasteiger partial charge in [0.05, 0.1) is 35.5 Å². The molecule has 0 aliphatic carbocycles. The number of non-ortho nitro benzene ring substituents is 1. The maximum atomic E-state index is 13.5. The zero-order valence-electron chi connectivity index (χ0n) is 20.6. The van der Waals surface area contributed by atoms with Crippen molar-refractivity contribution in [2.24, 2.45) is 4.99 Å². The lowest BCUT2D eigenvalue weighted by molar-refractivity contribution is -0.384. The summed E-state index contributed by atoms with van der Waals surface area (Å²) in [5.41, 5.74) is 0.799. The maximum Gasteiger partial charge on any atom is 0.338 e. The number of hydrogen-bond donors (Lipinski definition) is 1. The molecule has 1 atom stereocenters. The van der Waals surface area contributed by atoms with Gasteiger partial charge in [-0.15, -0.1) is 0 Å². The summed E-state index contributed by atoms with van der Waals surface area (Å²) in [5.74, 6) is 0.346. The van der Waals surface area contributed by atoms with Gasteiger partial charge >= 0.3 is 11.7 Å². The number of benzene rings is 1. The van der Waals surface area contributed by atoms with E-state index in [4.69, 9.17) is 18.3 Å². The number of methoxy groups -OCH3 is 1. The monoisotopic (exact) mass is 518 g/mol. The summed E-state index contributed by atoms with van der Waals surface area (Å²) in [4.78, 5) is 44.4. The zero-order chi connectivity index (χ0) is 27.0. The number of esters is 1. The number of ether oxygens (including phenoxy) is 2. The van der Waals surface area contributed by atoms with Crippen molar-refractivity contribution in [2.75, 3.05) is 13.7 Å². The molecule has 0 saturated heterocycles. The van der Waals surface area contributed by atoms with Gasteiger partial charge in [-0.3, -0.25) is 14.9 Å². The predicted molar refractivity (Wildman–Crippen MR) is 133 cm³/mol. The van der Waals surface area contributed by atoms with Gasteiger partial charge in [0.1, 0.15) is 23.3 Å². The second kappa shape index (κ2) is 9.73. The Balaban J connectivity index is 1.61. The minimum Gasteiger partial charge on any atom is -0.496 e. The molecule has 0 saturated carbocycles. The first kappa shape index (κ1) is 24.6. The van der Waals surface area contributed by atoms with Crippen LogP contribution >= 0.6 is 0 Å². The van der Waals surface area contributed by atoms with Gasteiger partial charge in [-0.05, 0) is 44.2 Å². The van der Waals surface area contributed by atoms with Crippen molar-refractivity contribution in [3.63, 3.8) is 0 Å². The number of aromatic amines is 1. The van der Waals surface area contributed by atoms with Crippen molar-refractivity contribution in [2.45, 2.75) is 19.9 Å². The average molecular weight is 518 g/mol. The number of rotatable bonds is 7. The number of nitrogens with zero attached hydrogens (tertiary/aromatic N) is 3. The second-order valence-electron chi connectivity index (χ2n) is 8.27. The number of nitro groups is 1. The summed E-state index contributed by atoms with van der Waals surface area (Å²) in [5, 5.41) is 11.2.